The summed E-state index contributed by atoms with van der Waals surface area (Å²) >= 11 is 0. The van der Waals surface area contributed by atoms with Crippen LogP contribution >= 0.6 is 0 Å². The van der Waals surface area contributed by atoms with Crippen LogP contribution in [0.15, 0.2) is 60.7 Å². The third-order valence-corrected chi connectivity index (χ3v) is 6.82. The Hall–Kier alpha value is -2.86. The second kappa shape index (κ2) is 12.2. The number of rotatable bonds is 9. The van der Waals surface area contributed by atoms with Crippen molar-refractivity contribution in [3.63, 3.8) is 0 Å². The van der Waals surface area contributed by atoms with Crippen LogP contribution in [0.5, 0.6) is 0 Å². The summed E-state index contributed by atoms with van der Waals surface area (Å²) in [4.78, 5) is 30.5. The molecule has 1 aliphatic rings. The van der Waals surface area contributed by atoms with Crippen LogP contribution in [0.25, 0.3) is 0 Å². The fourth-order valence-electron chi connectivity index (χ4n) is 4.91. The zero-order valence-electron chi connectivity index (χ0n) is 21.9. The molecule has 0 unspecified atom stereocenters. The van der Waals surface area contributed by atoms with E-state index in [0.717, 1.165) is 24.9 Å². The fourth-order valence-corrected chi connectivity index (χ4v) is 4.91. The van der Waals surface area contributed by atoms with Crippen LogP contribution in [-0.4, -0.2) is 60.6 Å². The largest absolute Gasteiger partial charge is 0.445 e. The number of likely N-dealkylation sites (N-methyl/N-ethyl adjacent to an activating group) is 1. The van der Waals surface area contributed by atoms with Crippen molar-refractivity contribution in [2.45, 2.75) is 65.1 Å². The van der Waals surface area contributed by atoms with Crippen LogP contribution in [0.2, 0.25) is 0 Å². The van der Waals surface area contributed by atoms with Gasteiger partial charge in [0, 0.05) is 25.7 Å². The summed E-state index contributed by atoms with van der Waals surface area (Å²) in [5.74, 6) is 0.252. The topological polar surface area (TPSA) is 61.9 Å². The molecule has 3 rings (SSSR count). The van der Waals surface area contributed by atoms with E-state index in [9.17, 15) is 9.59 Å². The first-order valence-corrected chi connectivity index (χ1v) is 12.7. The van der Waals surface area contributed by atoms with E-state index in [0.29, 0.717) is 13.1 Å². The molecule has 0 aromatic heterocycles. The first-order chi connectivity index (χ1) is 16.7. The second-order valence-electron chi connectivity index (χ2n) is 10.7. The summed E-state index contributed by atoms with van der Waals surface area (Å²) in [5.41, 5.74) is 1.93. The van der Waals surface area contributed by atoms with Crippen molar-refractivity contribution in [2.24, 2.45) is 5.41 Å². The highest BCUT2D eigenvalue weighted by Gasteiger charge is 2.39. The normalized spacial score (nSPS) is 17.6. The lowest BCUT2D eigenvalue weighted by Gasteiger charge is -2.37. The molecule has 2 aromatic carbocycles. The Morgan fingerprint density at radius 1 is 1.09 bits per heavy atom. The maximum absolute atomic E-state index is 13.5. The van der Waals surface area contributed by atoms with Crippen LogP contribution in [-0.2, 0) is 16.1 Å². The van der Waals surface area contributed by atoms with E-state index in [-0.39, 0.29) is 42.0 Å². The summed E-state index contributed by atoms with van der Waals surface area (Å²) in [6.45, 7) is 10.3. The number of hydrogen-bond donors (Lipinski definition) is 1. The van der Waals surface area contributed by atoms with E-state index in [2.05, 4.69) is 45.1 Å². The minimum Gasteiger partial charge on any atom is -0.445 e. The van der Waals surface area contributed by atoms with Crippen LogP contribution in [0.3, 0.4) is 0 Å². The number of hydrogen-bond acceptors (Lipinski definition) is 4. The number of ether oxygens (including phenoxy) is 1. The molecule has 0 radical (unpaired) electrons. The van der Waals surface area contributed by atoms with Crippen LogP contribution < -0.4 is 5.32 Å². The monoisotopic (exact) mass is 479 g/mol. The third kappa shape index (κ3) is 7.31. The van der Waals surface area contributed by atoms with Crippen molar-refractivity contribution >= 4 is 12.0 Å². The van der Waals surface area contributed by atoms with E-state index in [1.807, 2.05) is 60.5 Å². The van der Waals surface area contributed by atoms with Gasteiger partial charge >= 0.3 is 6.09 Å². The van der Waals surface area contributed by atoms with Crippen LogP contribution in [0.1, 0.15) is 57.6 Å². The molecule has 0 saturated carbocycles. The maximum Gasteiger partial charge on any atom is 0.410 e. The van der Waals surface area contributed by atoms with Gasteiger partial charge in [0.2, 0.25) is 5.91 Å². The zero-order valence-corrected chi connectivity index (χ0v) is 21.9. The molecule has 1 saturated heterocycles. The van der Waals surface area contributed by atoms with Crippen molar-refractivity contribution in [1.29, 1.82) is 0 Å². The highest BCUT2D eigenvalue weighted by Crippen LogP contribution is 2.27. The summed E-state index contributed by atoms with van der Waals surface area (Å²) in [7, 11) is 1.84. The molecular formula is C29H41N3O3. The van der Waals surface area contributed by atoms with Gasteiger partial charge in [0.15, 0.2) is 0 Å². The zero-order chi connectivity index (χ0) is 25.4. The number of benzene rings is 2. The average Bonchev–Trinajstić information content (AvgIpc) is 3.31. The highest BCUT2D eigenvalue weighted by atomic mass is 16.6. The molecule has 1 fully saturated rings. The Bertz CT molecular complexity index is 943. The average molecular weight is 480 g/mol. The van der Waals surface area contributed by atoms with E-state index in [1.165, 1.54) is 5.56 Å². The van der Waals surface area contributed by atoms with Gasteiger partial charge in [-0.1, -0.05) is 88.4 Å². The molecule has 0 bridgehead atoms. The van der Waals surface area contributed by atoms with E-state index in [4.69, 9.17) is 4.74 Å². The lowest BCUT2D eigenvalue weighted by atomic mass is 9.86. The highest BCUT2D eigenvalue weighted by molar-refractivity contribution is 5.83. The lowest BCUT2D eigenvalue weighted by Crippen LogP contribution is -2.55. The van der Waals surface area contributed by atoms with Crippen molar-refractivity contribution < 1.29 is 14.3 Å². The Labute approximate surface area is 210 Å². The molecule has 2 aromatic rings. The molecule has 0 aliphatic carbocycles. The van der Waals surface area contributed by atoms with Gasteiger partial charge in [-0.25, -0.2) is 4.79 Å². The van der Waals surface area contributed by atoms with Gasteiger partial charge in [-0.15, -0.1) is 0 Å². The van der Waals surface area contributed by atoms with Crippen molar-refractivity contribution in [3.8, 4) is 0 Å². The van der Waals surface area contributed by atoms with Crippen LogP contribution in [0.4, 0.5) is 4.79 Å². The number of carbonyl (C=O) groups is 2. The maximum atomic E-state index is 13.5. The van der Waals surface area contributed by atoms with Gasteiger partial charge in [0.25, 0.3) is 0 Å². The van der Waals surface area contributed by atoms with Crippen molar-refractivity contribution in [2.75, 3.05) is 26.7 Å². The SMILES string of the molecule is CN[C@H](C(=O)N1CCC[C@H]1CN(C[C@@H](C)c1ccccc1)C(=O)OCc1ccccc1)C(C)(C)C. The van der Waals surface area contributed by atoms with Gasteiger partial charge < -0.3 is 19.9 Å². The van der Waals surface area contributed by atoms with E-state index < -0.39 is 0 Å². The quantitative estimate of drug-likeness (QED) is 0.546. The first-order valence-electron chi connectivity index (χ1n) is 12.7. The molecule has 2 amide bonds. The van der Waals surface area contributed by atoms with Crippen LogP contribution in [0, 0.1) is 5.41 Å². The molecule has 1 N–H and O–H groups in total. The summed E-state index contributed by atoms with van der Waals surface area (Å²) in [5, 5.41) is 3.21. The summed E-state index contributed by atoms with van der Waals surface area (Å²) in [6, 6.07) is 19.6. The van der Waals surface area contributed by atoms with Gasteiger partial charge in [-0.2, -0.15) is 0 Å². The van der Waals surface area contributed by atoms with Crippen molar-refractivity contribution in [3.05, 3.63) is 71.8 Å². The number of amides is 2. The minimum absolute atomic E-state index is 0.0204. The van der Waals surface area contributed by atoms with Crippen molar-refractivity contribution in [1.82, 2.24) is 15.1 Å². The smallest absolute Gasteiger partial charge is 0.410 e. The molecule has 1 aliphatic heterocycles. The molecule has 35 heavy (non-hydrogen) atoms. The Morgan fingerprint density at radius 3 is 2.31 bits per heavy atom. The molecular weight excluding hydrogens is 438 g/mol. The summed E-state index contributed by atoms with van der Waals surface area (Å²) < 4.78 is 5.73. The predicted molar refractivity (Wildman–Crippen MR) is 140 cm³/mol. The Kier molecular flexibility index (Phi) is 9.33. The van der Waals surface area contributed by atoms with Gasteiger partial charge in [-0.05, 0) is 42.3 Å². The van der Waals surface area contributed by atoms with Gasteiger partial charge in [0.1, 0.15) is 6.61 Å². The van der Waals surface area contributed by atoms with E-state index >= 15 is 0 Å². The Balaban J connectivity index is 1.75. The number of carbonyl (C=O) groups excluding carboxylic acids is 2. The standard InChI is InChI=1S/C29H41N3O3/c1-22(24-15-10-7-11-16-24)19-31(28(34)35-21-23-13-8-6-9-14-23)20-25-17-12-18-32(25)27(33)26(30-5)29(2,3)4/h6-11,13-16,22,25-26,30H,12,17-21H2,1-5H3/t22-,25+,26-/m1/s1. The number of nitrogens with zero attached hydrogens (tertiary/aromatic N) is 2. The first kappa shape index (κ1) is 26.7. The molecule has 1 heterocycles. The number of nitrogens with one attached hydrogen (secondary N) is 1. The molecule has 6 heteroatoms. The second-order valence-corrected chi connectivity index (χ2v) is 10.7. The molecule has 190 valence electrons. The van der Waals surface area contributed by atoms with E-state index in [1.54, 1.807) is 4.90 Å². The fraction of sp³-hybridized carbons (Fsp3) is 0.517. The molecule has 3 atom stereocenters. The lowest BCUT2D eigenvalue weighted by molar-refractivity contribution is -0.137. The minimum atomic E-state index is -0.336. The summed E-state index contributed by atoms with van der Waals surface area (Å²) in [6.07, 6.45) is 1.49. The molecule has 6 nitrogen and oxygen atoms in total. The Morgan fingerprint density at radius 2 is 1.71 bits per heavy atom. The molecule has 0 spiro atoms. The third-order valence-electron chi connectivity index (χ3n) is 6.82. The van der Waals surface area contributed by atoms with Gasteiger partial charge in [-0.3, -0.25) is 4.79 Å². The number of likely N-dealkylation sites (tertiary alicyclic amines) is 1. The van der Waals surface area contributed by atoms with Gasteiger partial charge in [0.05, 0.1) is 6.04 Å². The predicted octanol–water partition coefficient (Wildman–Crippen LogP) is 5.05.